The molecule has 1 saturated heterocycles. The summed E-state index contributed by atoms with van der Waals surface area (Å²) in [6, 6.07) is 23.3. The number of nitrogens with zero attached hydrogens (tertiary/aromatic N) is 3. The highest BCUT2D eigenvalue weighted by Gasteiger charge is 2.47. The molecule has 4 rings (SSSR count). The van der Waals surface area contributed by atoms with Crippen molar-refractivity contribution in [3.8, 4) is 0 Å². The molecule has 6 nitrogen and oxygen atoms in total. The van der Waals surface area contributed by atoms with E-state index >= 15 is 0 Å². The SMILES string of the molecule is CCCCN(C)C(=O)c1ccc(N2CCC(C(=O)NN(C)C)(c3ccccc3)CC2c2ccc(Cl)c(Cl)c2)cc1. The fraction of sp³-hybridized carbons (Fsp3) is 0.375. The van der Waals surface area contributed by atoms with Gasteiger partial charge in [-0.2, -0.15) is 0 Å². The summed E-state index contributed by atoms with van der Waals surface area (Å²) in [7, 11) is 5.49. The van der Waals surface area contributed by atoms with Crippen molar-refractivity contribution in [3.63, 3.8) is 0 Å². The van der Waals surface area contributed by atoms with Gasteiger partial charge in [-0.05, 0) is 66.8 Å². The maximum Gasteiger partial charge on any atom is 0.253 e. The van der Waals surface area contributed by atoms with Crippen LogP contribution in [0.2, 0.25) is 10.0 Å². The van der Waals surface area contributed by atoms with E-state index in [1.54, 1.807) is 9.91 Å². The number of rotatable bonds is 9. The third-order valence-electron chi connectivity index (χ3n) is 7.75. The van der Waals surface area contributed by atoms with Crippen LogP contribution < -0.4 is 10.3 Å². The Morgan fingerprint density at radius 2 is 1.68 bits per heavy atom. The van der Waals surface area contributed by atoms with Gasteiger partial charge in [-0.3, -0.25) is 15.0 Å². The summed E-state index contributed by atoms with van der Waals surface area (Å²) in [6.45, 7) is 3.48. The first-order chi connectivity index (χ1) is 19.2. The molecule has 40 heavy (non-hydrogen) atoms. The molecule has 0 aromatic heterocycles. The maximum atomic E-state index is 13.9. The quantitative estimate of drug-likeness (QED) is 0.285. The first kappa shape index (κ1) is 29.9. The zero-order chi connectivity index (χ0) is 28.9. The molecule has 1 aliphatic heterocycles. The van der Waals surface area contributed by atoms with E-state index in [0.717, 1.165) is 36.2 Å². The molecule has 212 valence electrons. The molecule has 8 heteroatoms. The van der Waals surface area contributed by atoms with Crippen molar-refractivity contribution in [2.24, 2.45) is 0 Å². The zero-order valence-corrected chi connectivity index (χ0v) is 25.2. The van der Waals surface area contributed by atoms with Gasteiger partial charge in [0, 0.05) is 45.5 Å². The first-order valence-electron chi connectivity index (χ1n) is 13.8. The van der Waals surface area contributed by atoms with Gasteiger partial charge in [0.2, 0.25) is 5.91 Å². The number of benzene rings is 3. The first-order valence-corrected chi connectivity index (χ1v) is 14.5. The predicted molar refractivity (Wildman–Crippen MR) is 164 cm³/mol. The number of carbonyl (C=O) groups is 2. The molecule has 2 unspecified atom stereocenters. The largest absolute Gasteiger partial charge is 0.364 e. The third-order valence-corrected chi connectivity index (χ3v) is 8.49. The molecule has 0 aliphatic carbocycles. The third kappa shape index (κ3) is 6.46. The normalized spacial score (nSPS) is 19.0. The lowest BCUT2D eigenvalue weighted by Crippen LogP contribution is -2.55. The van der Waals surface area contributed by atoms with E-state index in [1.807, 2.05) is 93.9 Å². The van der Waals surface area contributed by atoms with Crippen LogP contribution in [0.25, 0.3) is 0 Å². The van der Waals surface area contributed by atoms with Gasteiger partial charge in [0.05, 0.1) is 21.5 Å². The summed E-state index contributed by atoms with van der Waals surface area (Å²) in [5, 5.41) is 2.66. The molecule has 1 heterocycles. The number of piperidine rings is 1. The maximum absolute atomic E-state index is 13.9. The van der Waals surface area contributed by atoms with Crippen molar-refractivity contribution in [1.29, 1.82) is 0 Å². The number of nitrogens with one attached hydrogen (secondary N) is 1. The minimum Gasteiger partial charge on any atom is -0.364 e. The van der Waals surface area contributed by atoms with Crippen molar-refractivity contribution in [1.82, 2.24) is 15.3 Å². The van der Waals surface area contributed by atoms with Gasteiger partial charge in [0.15, 0.2) is 0 Å². The van der Waals surface area contributed by atoms with E-state index < -0.39 is 5.41 Å². The number of unbranched alkanes of at least 4 members (excludes halogenated alkanes) is 1. The summed E-state index contributed by atoms with van der Waals surface area (Å²) < 4.78 is 0. The van der Waals surface area contributed by atoms with Gasteiger partial charge < -0.3 is 9.80 Å². The fourth-order valence-electron chi connectivity index (χ4n) is 5.52. The van der Waals surface area contributed by atoms with E-state index in [0.29, 0.717) is 35.0 Å². The highest BCUT2D eigenvalue weighted by Crippen LogP contribution is 2.46. The summed E-state index contributed by atoms with van der Waals surface area (Å²) >= 11 is 12.8. The second-order valence-electron chi connectivity index (χ2n) is 10.7. The fourth-order valence-corrected chi connectivity index (χ4v) is 5.82. The highest BCUT2D eigenvalue weighted by atomic mass is 35.5. The van der Waals surface area contributed by atoms with Crippen molar-refractivity contribution < 1.29 is 9.59 Å². The van der Waals surface area contributed by atoms with E-state index in [-0.39, 0.29) is 17.9 Å². The summed E-state index contributed by atoms with van der Waals surface area (Å²) in [6.07, 6.45) is 3.17. The Morgan fingerprint density at radius 1 is 0.975 bits per heavy atom. The molecule has 1 aliphatic rings. The molecule has 0 saturated carbocycles. The monoisotopic (exact) mass is 580 g/mol. The molecular formula is C32H38Cl2N4O2. The van der Waals surface area contributed by atoms with Gasteiger partial charge in [-0.25, -0.2) is 5.01 Å². The Balaban J connectivity index is 1.73. The van der Waals surface area contributed by atoms with Crippen LogP contribution in [0.3, 0.4) is 0 Å². The number of halogens is 2. The summed E-state index contributed by atoms with van der Waals surface area (Å²) in [5.41, 5.74) is 5.88. The number of carbonyl (C=O) groups excluding carboxylic acids is 2. The minimum atomic E-state index is -0.753. The number of amides is 2. The van der Waals surface area contributed by atoms with Crippen molar-refractivity contribution in [3.05, 3.63) is 99.5 Å². The lowest BCUT2D eigenvalue weighted by Gasteiger charge is -2.47. The number of hydrogen-bond donors (Lipinski definition) is 1. The molecular weight excluding hydrogens is 543 g/mol. The van der Waals surface area contributed by atoms with Crippen LogP contribution in [0, 0.1) is 0 Å². The second-order valence-corrected chi connectivity index (χ2v) is 11.6. The zero-order valence-electron chi connectivity index (χ0n) is 23.7. The standard InChI is InChI=1S/C32H38Cl2N4O2/c1-5-6-19-37(4)30(39)23-12-15-26(16-13-23)38-20-18-32(31(40)35-36(2)3,25-10-8-7-9-11-25)22-29(38)24-14-17-27(33)28(34)21-24/h7-17,21,29H,5-6,18-20,22H2,1-4H3,(H,35,40). The summed E-state index contributed by atoms with van der Waals surface area (Å²) in [5.74, 6) is -0.0207. The second kappa shape index (κ2) is 13.1. The van der Waals surface area contributed by atoms with Crippen LogP contribution in [0.15, 0.2) is 72.8 Å². The summed E-state index contributed by atoms with van der Waals surface area (Å²) in [4.78, 5) is 30.9. The highest BCUT2D eigenvalue weighted by molar-refractivity contribution is 6.42. The van der Waals surface area contributed by atoms with E-state index in [2.05, 4.69) is 17.2 Å². The van der Waals surface area contributed by atoms with Crippen molar-refractivity contribution >= 4 is 40.7 Å². The van der Waals surface area contributed by atoms with Crippen LogP contribution in [0.4, 0.5) is 5.69 Å². The number of hydrazine groups is 1. The average molecular weight is 582 g/mol. The molecule has 1 N–H and O–H groups in total. The van der Waals surface area contributed by atoms with Crippen LogP contribution in [0.5, 0.6) is 0 Å². The average Bonchev–Trinajstić information content (AvgIpc) is 2.96. The van der Waals surface area contributed by atoms with Gasteiger partial charge in [-0.1, -0.05) is 72.9 Å². The Labute approximate surface area is 247 Å². The lowest BCUT2D eigenvalue weighted by molar-refractivity contribution is -0.132. The number of anilines is 1. The molecule has 2 atom stereocenters. The van der Waals surface area contributed by atoms with E-state index in [4.69, 9.17) is 23.2 Å². The van der Waals surface area contributed by atoms with Gasteiger partial charge in [-0.15, -0.1) is 0 Å². The number of hydrogen-bond acceptors (Lipinski definition) is 4. The van der Waals surface area contributed by atoms with E-state index in [9.17, 15) is 9.59 Å². The molecule has 0 spiro atoms. The van der Waals surface area contributed by atoms with Gasteiger partial charge in [0.1, 0.15) is 0 Å². The van der Waals surface area contributed by atoms with Crippen LogP contribution >= 0.6 is 23.2 Å². The molecule has 3 aromatic carbocycles. The van der Waals surface area contributed by atoms with Crippen molar-refractivity contribution in [2.75, 3.05) is 39.1 Å². The van der Waals surface area contributed by atoms with Crippen LogP contribution in [-0.4, -0.2) is 56.0 Å². The predicted octanol–water partition coefficient (Wildman–Crippen LogP) is 6.74. The molecule has 3 aromatic rings. The topological polar surface area (TPSA) is 55.9 Å². The Hall–Kier alpha value is -3.06. The lowest BCUT2D eigenvalue weighted by atomic mass is 9.68. The van der Waals surface area contributed by atoms with Crippen molar-refractivity contribution in [2.45, 2.75) is 44.1 Å². The molecule has 0 radical (unpaired) electrons. The minimum absolute atomic E-state index is 0.0168. The van der Waals surface area contributed by atoms with E-state index in [1.165, 1.54) is 0 Å². The molecule has 1 fully saturated rings. The smallest absolute Gasteiger partial charge is 0.253 e. The Kier molecular flexibility index (Phi) is 9.77. The Morgan fingerprint density at radius 3 is 2.30 bits per heavy atom. The molecule has 2 amide bonds. The van der Waals surface area contributed by atoms with Crippen LogP contribution in [-0.2, 0) is 10.2 Å². The molecule has 0 bridgehead atoms. The van der Waals surface area contributed by atoms with Gasteiger partial charge >= 0.3 is 0 Å². The van der Waals surface area contributed by atoms with Crippen LogP contribution in [0.1, 0.15) is 60.1 Å². The Bertz CT molecular complexity index is 1320. The van der Waals surface area contributed by atoms with Gasteiger partial charge in [0.25, 0.3) is 5.91 Å².